The average Bonchev–Trinajstić information content (AvgIpc) is 1.37. The van der Waals surface area contributed by atoms with Crippen LogP contribution in [0.25, 0.3) is 0 Å². The summed E-state index contributed by atoms with van der Waals surface area (Å²) in [5.41, 5.74) is 0. The lowest BCUT2D eigenvalue weighted by Gasteiger charge is -2.27. The number of carbonyl (C=O) groups is 15. The number of nitrogens with one attached hydrogen (secondary N) is 12. The number of amides is 12. The van der Waals surface area contributed by atoms with Crippen molar-refractivity contribution in [3.63, 3.8) is 0 Å². The lowest BCUT2D eigenvalue weighted by atomic mass is 10.0. The van der Waals surface area contributed by atoms with Crippen LogP contribution in [0.2, 0.25) is 0 Å². The molecule has 0 aromatic carbocycles. The van der Waals surface area contributed by atoms with Crippen LogP contribution >= 0.6 is 68.4 Å². The molecule has 12 N–H and O–H groups in total. The topological polar surface area (TPSA) is 428 Å². The van der Waals surface area contributed by atoms with Crippen molar-refractivity contribution >= 4 is 157 Å². The third-order valence-corrected chi connectivity index (χ3v) is 19.9. The summed E-state index contributed by atoms with van der Waals surface area (Å²) in [6.07, 6.45) is 9.02. The molecule has 0 aliphatic carbocycles. The molecule has 0 aromatic rings. The van der Waals surface area contributed by atoms with Crippen molar-refractivity contribution in [1.82, 2.24) is 63.8 Å². The predicted molar refractivity (Wildman–Crippen MR) is 375 cm³/mol. The van der Waals surface area contributed by atoms with E-state index in [1.54, 1.807) is 65.8 Å². The van der Waals surface area contributed by atoms with Gasteiger partial charge >= 0.3 is 17.9 Å². The summed E-state index contributed by atoms with van der Waals surface area (Å²) in [6.45, 7) is 15.7. The molecule has 3 fully saturated rings. The highest BCUT2D eigenvalue weighted by Gasteiger charge is 2.36. The van der Waals surface area contributed by atoms with Crippen molar-refractivity contribution in [3.8, 4) is 0 Å². The van der Waals surface area contributed by atoms with E-state index in [0.29, 0.717) is 25.0 Å². The molecule has 5 rings (SSSR count). The van der Waals surface area contributed by atoms with Crippen LogP contribution in [-0.4, -0.2) is 215 Å². The van der Waals surface area contributed by atoms with Gasteiger partial charge in [0.05, 0.1) is 19.3 Å². The van der Waals surface area contributed by atoms with E-state index >= 15 is 0 Å². The van der Waals surface area contributed by atoms with E-state index in [2.05, 4.69) is 89.1 Å². The summed E-state index contributed by atoms with van der Waals surface area (Å²) in [5, 5.41) is 31.0. The van der Waals surface area contributed by atoms with Gasteiger partial charge in [0.2, 0.25) is 70.9 Å². The minimum Gasteiger partial charge on any atom is -0.456 e. The van der Waals surface area contributed by atoms with Crippen LogP contribution in [0.5, 0.6) is 0 Å². The Balaban J connectivity index is 0.000000379. The van der Waals surface area contributed by atoms with Crippen LogP contribution in [0, 0.1) is 17.8 Å². The maximum Gasteiger partial charge on any atom is 0.328 e. The number of hydrogen-bond donors (Lipinski definition) is 14. The number of rotatable bonds is 7. The summed E-state index contributed by atoms with van der Waals surface area (Å²) >= 11 is 8.21. The van der Waals surface area contributed by atoms with Gasteiger partial charge in [-0.1, -0.05) is 103 Å². The minimum atomic E-state index is -1.02. The number of carbonyl (C=O) groups excluding carboxylic acids is 15. The van der Waals surface area contributed by atoms with Crippen LogP contribution < -0.4 is 63.8 Å². The molecule has 5 aliphatic rings. The molecule has 0 aromatic heterocycles. The maximum absolute atomic E-state index is 13.0. The molecule has 12 amide bonds. The summed E-state index contributed by atoms with van der Waals surface area (Å²) in [5.74, 6) is -6.85. The molecule has 0 radical (unpaired) electrons. The fourth-order valence-electron chi connectivity index (χ4n) is 8.88. The van der Waals surface area contributed by atoms with E-state index in [4.69, 9.17) is 14.2 Å². The van der Waals surface area contributed by atoms with Crippen molar-refractivity contribution in [3.05, 3.63) is 36.5 Å². The second-order valence-corrected chi connectivity index (χ2v) is 29.9. The molecule has 36 heteroatoms. The first-order valence-electron chi connectivity index (χ1n) is 31.7. The largest absolute Gasteiger partial charge is 0.456 e. The lowest BCUT2D eigenvalue weighted by molar-refractivity contribution is -0.152. The van der Waals surface area contributed by atoms with Crippen LogP contribution in [0.3, 0.4) is 0 Å². The van der Waals surface area contributed by atoms with E-state index in [9.17, 15) is 71.9 Å². The van der Waals surface area contributed by atoms with Gasteiger partial charge in [-0.15, -0.1) is 0 Å². The summed E-state index contributed by atoms with van der Waals surface area (Å²) in [6, 6.07) is -9.34. The van der Waals surface area contributed by atoms with Crippen LogP contribution in [0.15, 0.2) is 36.5 Å². The zero-order chi connectivity index (χ0) is 72.5. The van der Waals surface area contributed by atoms with Gasteiger partial charge in [0.15, 0.2) is 0 Å². The van der Waals surface area contributed by atoms with Crippen molar-refractivity contribution in [1.29, 1.82) is 0 Å². The zero-order valence-corrected chi connectivity index (χ0v) is 61.0. The first kappa shape index (κ1) is 84.6. The van der Waals surface area contributed by atoms with Gasteiger partial charge in [-0.25, -0.2) is 4.79 Å². The number of esters is 3. The first-order chi connectivity index (χ1) is 45.8. The van der Waals surface area contributed by atoms with E-state index in [1.807, 2.05) is 12.2 Å². The molecular formula is C61H94N12O18S6. The predicted octanol–water partition coefficient (Wildman–Crippen LogP) is -0.478. The van der Waals surface area contributed by atoms with Gasteiger partial charge in [-0.05, 0) is 88.7 Å². The van der Waals surface area contributed by atoms with E-state index in [-0.39, 0.29) is 54.3 Å². The average molecular weight is 1480 g/mol. The second-order valence-electron chi connectivity index (χ2n) is 23.8. The van der Waals surface area contributed by atoms with Crippen LogP contribution in [0.1, 0.15) is 108 Å². The van der Waals surface area contributed by atoms with Crippen molar-refractivity contribution < 1.29 is 86.1 Å². The highest BCUT2D eigenvalue weighted by atomic mass is 33.1. The van der Waals surface area contributed by atoms with Crippen LogP contribution in [0.4, 0.5) is 0 Å². The molecule has 97 heavy (non-hydrogen) atoms. The van der Waals surface area contributed by atoms with Crippen molar-refractivity contribution in [2.45, 2.75) is 186 Å². The van der Waals surface area contributed by atoms with Gasteiger partial charge in [0, 0.05) is 28.8 Å². The standard InChI is InChI=1S/C21H32N4O6S2.C20H30N4O6S2.C20H32N4O6S2/c1-11(2)17-20(29)23-13(4)21(30)31-14-7-5-6-8-32-33-10-15(19(28)25-17)24-18(27)12(3)22-16(26)9-14;1-11(2)17-20(29)21-9-16(26)30-13-6-4-5-7-31-32-10-14(19(28)24-17)23-18(27)12(3)22-15(25)8-13;1-11(2)17-20(29)21-9-16(26)30-13(6-4-5-7-31)8-15(25)22-12(3)18(27)23-14(10-32)19(28)24-17/h5,7,11-15,17H,6,8-10H2,1-4H3,(H,22,26)(H,23,29)(H,24,27)(H,25,28);4,6,11-14,17H,5,7-10H2,1-3H3,(H,21,29)(H,22,25)(H,23,27)(H,24,28);4,6,11-14,17,31-32H,5,7-10H2,1-3H3,(H,21,29)(H,22,25)(H,23,27)(H,24,28)/b7-5+;2*6-4+/t12-,13-,14-,15-,17-;2*12-,13-,14-,17-/m111/s1. The van der Waals surface area contributed by atoms with Crippen molar-refractivity contribution in [2.24, 2.45) is 17.8 Å². The Bertz CT molecular complexity index is 2870. The Morgan fingerprint density at radius 2 is 0.866 bits per heavy atom. The number of hydrogen-bond acceptors (Lipinski definition) is 24. The third-order valence-electron chi connectivity index (χ3n) is 14.4. The second kappa shape index (κ2) is 44.4. The number of ether oxygens (including phenoxy) is 3. The minimum absolute atomic E-state index is 0.0188. The Labute approximate surface area is 592 Å². The molecule has 0 spiro atoms. The number of fused-ring (bicyclic) bond motifs is 14. The summed E-state index contributed by atoms with van der Waals surface area (Å²) in [7, 11) is 5.92. The Morgan fingerprint density at radius 1 is 0.454 bits per heavy atom. The Hall–Kier alpha value is -6.63. The first-order valence-corrected chi connectivity index (χ1v) is 37.9. The molecule has 30 nitrogen and oxygen atoms in total. The van der Waals surface area contributed by atoms with Gasteiger partial charge < -0.3 is 78.0 Å². The van der Waals surface area contributed by atoms with E-state index < -0.39 is 181 Å². The fourth-order valence-corrected chi connectivity index (χ4v) is 13.6. The zero-order valence-electron chi connectivity index (χ0n) is 56.0. The summed E-state index contributed by atoms with van der Waals surface area (Å²) in [4.78, 5) is 189. The molecule has 13 atom stereocenters. The monoisotopic (exact) mass is 1470 g/mol. The Morgan fingerprint density at radius 3 is 1.31 bits per heavy atom. The highest BCUT2D eigenvalue weighted by Crippen LogP contribution is 2.25. The molecule has 3 saturated heterocycles. The molecule has 4 bridgehead atoms. The fraction of sp³-hybridized carbons (Fsp3) is 0.656. The van der Waals surface area contributed by atoms with Crippen LogP contribution in [-0.2, 0) is 86.1 Å². The number of cyclic esters (lactones) is 1. The van der Waals surface area contributed by atoms with Gasteiger partial charge in [0.25, 0.3) is 0 Å². The molecular weight excluding hydrogens is 1380 g/mol. The molecule has 5 heterocycles. The SMILES string of the molecule is CC(C)[C@H]1NC(=O)[C@@H](CS)NC(=O)[C@@H](C)NC(=O)C[C@@H](/C=C/CCS)OC(=O)CNC1=O.CC(C)[C@H]1NC(=O)[C@H]2CSSCC/C=C/[C@H](CC(=O)N[C@H](C)C(=O)N2)OC(=O)CNC1=O.CC(C)[C@H]1NC(=O)[C@H]2CSSCC/C=C/[C@H](CC(=O)N[C@H](C)C(=O)N2)OC(=O)[C@@H](C)NC1=O. The molecule has 542 valence electrons. The number of allylic oxidation sites excluding steroid dienone is 3. The lowest BCUT2D eigenvalue weighted by Crippen LogP contribution is -2.59. The molecule has 0 unspecified atom stereocenters. The number of thiol groups is 2. The third kappa shape index (κ3) is 31.8. The summed E-state index contributed by atoms with van der Waals surface area (Å²) < 4.78 is 16.1. The highest BCUT2D eigenvalue weighted by molar-refractivity contribution is 8.77. The van der Waals surface area contributed by atoms with E-state index in [0.717, 1.165) is 11.5 Å². The van der Waals surface area contributed by atoms with Gasteiger partial charge in [-0.2, -0.15) is 25.3 Å². The smallest absolute Gasteiger partial charge is 0.328 e. The van der Waals surface area contributed by atoms with Crippen molar-refractivity contribution in [2.75, 3.05) is 47.6 Å². The maximum atomic E-state index is 13.0. The van der Waals surface area contributed by atoms with Gasteiger partial charge in [-0.3, -0.25) is 67.1 Å². The van der Waals surface area contributed by atoms with Gasteiger partial charge in [0.1, 0.15) is 91.8 Å². The molecule has 0 saturated carbocycles. The van der Waals surface area contributed by atoms with E-state index in [1.165, 1.54) is 70.9 Å². The quantitative estimate of drug-likeness (QED) is 0.0503. The molecule has 5 aliphatic heterocycles. The Kier molecular flexibility index (Phi) is 38.7. The normalized spacial score (nSPS) is 29.8.